The SMILES string of the molecule is CC(C)NC(=O)C(C)N1CCN(Cc2ccccc2Br)CC1. The first-order chi connectivity index (χ1) is 10.5. The number of piperazine rings is 1. The van der Waals surface area contributed by atoms with Gasteiger partial charge >= 0.3 is 0 Å². The van der Waals surface area contributed by atoms with E-state index in [4.69, 9.17) is 0 Å². The summed E-state index contributed by atoms with van der Waals surface area (Å²) in [4.78, 5) is 16.8. The van der Waals surface area contributed by atoms with Crippen LogP contribution in [0.4, 0.5) is 0 Å². The topological polar surface area (TPSA) is 35.6 Å². The van der Waals surface area contributed by atoms with E-state index in [1.165, 1.54) is 10.0 Å². The number of carbonyl (C=O) groups excluding carboxylic acids is 1. The maximum Gasteiger partial charge on any atom is 0.237 e. The molecule has 1 N–H and O–H groups in total. The van der Waals surface area contributed by atoms with Gasteiger partial charge in [-0.25, -0.2) is 0 Å². The highest BCUT2D eigenvalue weighted by Gasteiger charge is 2.25. The van der Waals surface area contributed by atoms with E-state index in [0.29, 0.717) is 0 Å². The Bertz CT molecular complexity index is 498. The van der Waals surface area contributed by atoms with Crippen LogP contribution in [0, 0.1) is 0 Å². The Labute approximate surface area is 142 Å². The van der Waals surface area contributed by atoms with Gasteiger partial charge in [-0.3, -0.25) is 14.6 Å². The van der Waals surface area contributed by atoms with Crippen molar-refractivity contribution in [2.75, 3.05) is 26.2 Å². The van der Waals surface area contributed by atoms with Crippen LogP contribution >= 0.6 is 15.9 Å². The quantitative estimate of drug-likeness (QED) is 0.868. The molecule has 1 heterocycles. The Morgan fingerprint density at radius 2 is 1.82 bits per heavy atom. The van der Waals surface area contributed by atoms with Gasteiger partial charge in [-0.2, -0.15) is 0 Å². The summed E-state index contributed by atoms with van der Waals surface area (Å²) in [6, 6.07) is 8.52. The summed E-state index contributed by atoms with van der Waals surface area (Å²) in [6.45, 7) is 10.8. The second kappa shape index (κ2) is 8.09. The van der Waals surface area contributed by atoms with Gasteiger partial charge < -0.3 is 5.32 Å². The fourth-order valence-electron chi connectivity index (χ4n) is 2.75. The minimum absolute atomic E-state index is 0.0481. The smallest absolute Gasteiger partial charge is 0.237 e. The molecule has 1 aromatic carbocycles. The third-order valence-corrected chi connectivity index (χ3v) is 4.89. The second-order valence-electron chi connectivity index (χ2n) is 6.24. The minimum Gasteiger partial charge on any atom is -0.353 e. The van der Waals surface area contributed by atoms with E-state index in [1.807, 2.05) is 26.8 Å². The van der Waals surface area contributed by atoms with E-state index in [2.05, 4.69) is 49.2 Å². The standard InChI is InChI=1S/C17H26BrN3O/c1-13(2)19-17(22)14(3)21-10-8-20(9-11-21)12-15-6-4-5-7-16(15)18/h4-7,13-14H,8-12H2,1-3H3,(H,19,22). The predicted octanol–water partition coefficient (Wildman–Crippen LogP) is 2.48. The number of carbonyl (C=O) groups is 1. The molecule has 1 atom stereocenters. The second-order valence-corrected chi connectivity index (χ2v) is 7.10. The highest BCUT2D eigenvalue weighted by Crippen LogP contribution is 2.19. The maximum absolute atomic E-state index is 12.1. The molecule has 0 aliphatic carbocycles. The van der Waals surface area contributed by atoms with Crippen molar-refractivity contribution in [3.63, 3.8) is 0 Å². The summed E-state index contributed by atoms with van der Waals surface area (Å²) >= 11 is 3.61. The lowest BCUT2D eigenvalue weighted by Gasteiger charge is -2.37. The minimum atomic E-state index is -0.0481. The maximum atomic E-state index is 12.1. The summed E-state index contributed by atoms with van der Waals surface area (Å²) < 4.78 is 1.17. The van der Waals surface area contributed by atoms with Gasteiger partial charge in [0.05, 0.1) is 6.04 Å². The summed E-state index contributed by atoms with van der Waals surface area (Å²) in [6.07, 6.45) is 0. The zero-order valence-corrected chi connectivity index (χ0v) is 15.3. The van der Waals surface area contributed by atoms with Crippen molar-refractivity contribution in [3.05, 3.63) is 34.3 Å². The van der Waals surface area contributed by atoms with Crippen molar-refractivity contribution >= 4 is 21.8 Å². The third-order valence-electron chi connectivity index (χ3n) is 4.12. The molecule has 5 heteroatoms. The van der Waals surface area contributed by atoms with Crippen LogP contribution < -0.4 is 5.32 Å². The number of benzene rings is 1. The highest BCUT2D eigenvalue weighted by atomic mass is 79.9. The van der Waals surface area contributed by atoms with Crippen LogP contribution in [0.1, 0.15) is 26.3 Å². The normalized spacial score (nSPS) is 18.4. The van der Waals surface area contributed by atoms with Crippen LogP contribution in [0.5, 0.6) is 0 Å². The molecule has 0 spiro atoms. The number of rotatable bonds is 5. The van der Waals surface area contributed by atoms with E-state index >= 15 is 0 Å². The van der Waals surface area contributed by atoms with E-state index in [1.54, 1.807) is 0 Å². The monoisotopic (exact) mass is 367 g/mol. The van der Waals surface area contributed by atoms with Crippen LogP contribution in [0.15, 0.2) is 28.7 Å². The van der Waals surface area contributed by atoms with Crippen LogP contribution in [-0.4, -0.2) is 54.0 Å². The van der Waals surface area contributed by atoms with Gasteiger partial charge in [0.25, 0.3) is 0 Å². The van der Waals surface area contributed by atoms with Gasteiger partial charge in [-0.1, -0.05) is 34.1 Å². The fraction of sp³-hybridized carbons (Fsp3) is 0.588. The lowest BCUT2D eigenvalue weighted by Crippen LogP contribution is -2.54. The zero-order chi connectivity index (χ0) is 16.1. The largest absolute Gasteiger partial charge is 0.353 e. The Kier molecular flexibility index (Phi) is 6.41. The molecule has 1 amide bonds. The van der Waals surface area contributed by atoms with Gasteiger partial charge in [-0.05, 0) is 32.4 Å². The summed E-state index contributed by atoms with van der Waals surface area (Å²) in [5, 5.41) is 3.00. The summed E-state index contributed by atoms with van der Waals surface area (Å²) in [5.74, 6) is 0.134. The average molecular weight is 368 g/mol. The summed E-state index contributed by atoms with van der Waals surface area (Å²) in [7, 11) is 0. The first-order valence-corrected chi connectivity index (χ1v) is 8.77. The van der Waals surface area contributed by atoms with Gasteiger partial charge in [0.1, 0.15) is 0 Å². The molecule has 1 saturated heterocycles. The van der Waals surface area contributed by atoms with Crippen LogP contribution in [0.2, 0.25) is 0 Å². The van der Waals surface area contributed by atoms with Crippen molar-refractivity contribution in [3.8, 4) is 0 Å². The highest BCUT2D eigenvalue weighted by molar-refractivity contribution is 9.10. The lowest BCUT2D eigenvalue weighted by atomic mass is 10.1. The van der Waals surface area contributed by atoms with Crippen molar-refractivity contribution in [2.24, 2.45) is 0 Å². The molecule has 1 aliphatic rings. The molecule has 22 heavy (non-hydrogen) atoms. The van der Waals surface area contributed by atoms with E-state index < -0.39 is 0 Å². The molecule has 0 saturated carbocycles. The first-order valence-electron chi connectivity index (χ1n) is 7.97. The number of halogens is 1. The van der Waals surface area contributed by atoms with Gasteiger partial charge in [0, 0.05) is 43.2 Å². The molecule has 2 rings (SSSR count). The Balaban J connectivity index is 1.83. The molecular weight excluding hydrogens is 342 g/mol. The molecular formula is C17H26BrN3O. The summed E-state index contributed by atoms with van der Waals surface area (Å²) in [5.41, 5.74) is 1.32. The lowest BCUT2D eigenvalue weighted by molar-refractivity contribution is -0.127. The molecule has 4 nitrogen and oxygen atoms in total. The van der Waals surface area contributed by atoms with E-state index in [9.17, 15) is 4.79 Å². The predicted molar refractivity (Wildman–Crippen MR) is 93.7 cm³/mol. The number of hydrogen-bond acceptors (Lipinski definition) is 3. The van der Waals surface area contributed by atoms with Crippen molar-refractivity contribution in [1.29, 1.82) is 0 Å². The Morgan fingerprint density at radius 3 is 2.41 bits per heavy atom. The molecule has 1 aromatic rings. The van der Waals surface area contributed by atoms with E-state index in [0.717, 1.165) is 32.7 Å². The number of hydrogen-bond donors (Lipinski definition) is 1. The van der Waals surface area contributed by atoms with Crippen LogP contribution in [-0.2, 0) is 11.3 Å². The molecule has 0 aromatic heterocycles. The molecule has 0 bridgehead atoms. The van der Waals surface area contributed by atoms with Crippen molar-refractivity contribution < 1.29 is 4.79 Å². The van der Waals surface area contributed by atoms with Gasteiger partial charge in [-0.15, -0.1) is 0 Å². The van der Waals surface area contributed by atoms with Crippen molar-refractivity contribution in [2.45, 2.75) is 39.4 Å². The Hall–Kier alpha value is -0.910. The molecule has 1 unspecified atom stereocenters. The number of nitrogens with one attached hydrogen (secondary N) is 1. The van der Waals surface area contributed by atoms with Gasteiger partial charge in [0.15, 0.2) is 0 Å². The van der Waals surface area contributed by atoms with E-state index in [-0.39, 0.29) is 18.0 Å². The van der Waals surface area contributed by atoms with Crippen molar-refractivity contribution in [1.82, 2.24) is 15.1 Å². The average Bonchev–Trinajstić information content (AvgIpc) is 2.49. The van der Waals surface area contributed by atoms with Crippen LogP contribution in [0.3, 0.4) is 0 Å². The number of nitrogens with zero attached hydrogens (tertiary/aromatic N) is 2. The van der Waals surface area contributed by atoms with Crippen LogP contribution in [0.25, 0.3) is 0 Å². The zero-order valence-electron chi connectivity index (χ0n) is 13.7. The Morgan fingerprint density at radius 1 is 1.18 bits per heavy atom. The molecule has 1 aliphatic heterocycles. The molecule has 0 radical (unpaired) electrons. The number of amides is 1. The van der Waals surface area contributed by atoms with Gasteiger partial charge in [0.2, 0.25) is 5.91 Å². The molecule has 1 fully saturated rings. The fourth-order valence-corrected chi connectivity index (χ4v) is 3.16. The molecule has 122 valence electrons. The first kappa shape index (κ1) is 17.4. The third kappa shape index (κ3) is 4.80.